The number of non-ortho nitro benzene ring substituents is 1. The standard InChI is InChI=1S/C16H13NO3/c18-16(14-6-2-1-3-7-14)8-4-5-13-9-11-15(12-10-13)17(19)20/h1-3,6-7,9-12,16,18H,8H2. The average Bonchev–Trinajstić information content (AvgIpc) is 2.48. The van der Waals surface area contributed by atoms with Crippen LogP contribution in [0.3, 0.4) is 0 Å². The lowest BCUT2D eigenvalue weighted by atomic mass is 10.1. The number of rotatable bonds is 3. The molecule has 100 valence electrons. The van der Waals surface area contributed by atoms with Gasteiger partial charge in [-0.2, -0.15) is 0 Å². The minimum atomic E-state index is -0.623. The fourth-order valence-corrected chi connectivity index (χ4v) is 1.71. The van der Waals surface area contributed by atoms with Crippen LogP contribution < -0.4 is 0 Å². The minimum Gasteiger partial charge on any atom is -0.387 e. The van der Waals surface area contributed by atoms with Crippen LogP contribution in [0.2, 0.25) is 0 Å². The zero-order valence-corrected chi connectivity index (χ0v) is 10.7. The Balaban J connectivity index is 1.99. The molecule has 0 saturated heterocycles. The summed E-state index contributed by atoms with van der Waals surface area (Å²) in [6, 6.07) is 15.3. The molecule has 0 aliphatic heterocycles. The molecule has 1 unspecified atom stereocenters. The molecule has 0 fully saturated rings. The summed E-state index contributed by atoms with van der Waals surface area (Å²) < 4.78 is 0. The van der Waals surface area contributed by atoms with E-state index in [1.165, 1.54) is 12.1 Å². The van der Waals surface area contributed by atoms with Crippen molar-refractivity contribution in [3.8, 4) is 11.8 Å². The van der Waals surface area contributed by atoms with Crippen molar-refractivity contribution < 1.29 is 10.0 Å². The zero-order valence-electron chi connectivity index (χ0n) is 10.7. The van der Waals surface area contributed by atoms with Crippen LogP contribution in [-0.4, -0.2) is 10.0 Å². The van der Waals surface area contributed by atoms with E-state index in [2.05, 4.69) is 11.8 Å². The van der Waals surface area contributed by atoms with Crippen LogP contribution in [0, 0.1) is 22.0 Å². The van der Waals surface area contributed by atoms with Gasteiger partial charge in [-0.25, -0.2) is 0 Å². The molecule has 1 atom stereocenters. The second-order valence-corrected chi connectivity index (χ2v) is 4.24. The first-order valence-electron chi connectivity index (χ1n) is 6.13. The summed E-state index contributed by atoms with van der Waals surface area (Å²) in [6.45, 7) is 0. The third-order valence-corrected chi connectivity index (χ3v) is 2.79. The Morgan fingerprint density at radius 1 is 1.10 bits per heavy atom. The van der Waals surface area contributed by atoms with Crippen molar-refractivity contribution in [1.82, 2.24) is 0 Å². The van der Waals surface area contributed by atoms with Crippen molar-refractivity contribution in [2.45, 2.75) is 12.5 Å². The molecule has 2 aromatic carbocycles. The largest absolute Gasteiger partial charge is 0.387 e. The van der Waals surface area contributed by atoms with E-state index in [0.29, 0.717) is 12.0 Å². The Bertz CT molecular complexity index is 639. The van der Waals surface area contributed by atoms with Crippen LogP contribution in [0.15, 0.2) is 54.6 Å². The summed E-state index contributed by atoms with van der Waals surface area (Å²) in [6.07, 6.45) is -0.303. The highest BCUT2D eigenvalue weighted by molar-refractivity contribution is 5.41. The monoisotopic (exact) mass is 267 g/mol. The van der Waals surface area contributed by atoms with Gasteiger partial charge in [0.15, 0.2) is 0 Å². The zero-order chi connectivity index (χ0) is 14.4. The topological polar surface area (TPSA) is 63.4 Å². The maximum absolute atomic E-state index is 10.5. The van der Waals surface area contributed by atoms with Crippen molar-refractivity contribution in [2.75, 3.05) is 0 Å². The number of nitro groups is 1. The summed E-state index contributed by atoms with van der Waals surface area (Å²) in [5.41, 5.74) is 1.56. The number of aliphatic hydroxyl groups excluding tert-OH is 1. The highest BCUT2D eigenvalue weighted by Crippen LogP contribution is 2.15. The van der Waals surface area contributed by atoms with Gasteiger partial charge in [0.2, 0.25) is 0 Å². The molecular formula is C16H13NO3. The van der Waals surface area contributed by atoms with Gasteiger partial charge < -0.3 is 5.11 Å². The van der Waals surface area contributed by atoms with Crippen molar-refractivity contribution in [2.24, 2.45) is 0 Å². The second-order valence-electron chi connectivity index (χ2n) is 4.24. The molecule has 0 amide bonds. The molecule has 0 radical (unpaired) electrons. The molecule has 4 heteroatoms. The summed E-state index contributed by atoms with van der Waals surface area (Å²) in [5.74, 6) is 5.76. The molecule has 0 aliphatic carbocycles. The molecule has 0 aromatic heterocycles. The van der Waals surface area contributed by atoms with Crippen molar-refractivity contribution in [3.63, 3.8) is 0 Å². The van der Waals surface area contributed by atoms with E-state index in [0.717, 1.165) is 5.56 Å². The fourth-order valence-electron chi connectivity index (χ4n) is 1.71. The molecule has 0 bridgehead atoms. The van der Waals surface area contributed by atoms with Gasteiger partial charge in [-0.15, -0.1) is 0 Å². The van der Waals surface area contributed by atoms with Crippen LogP contribution in [-0.2, 0) is 0 Å². The van der Waals surface area contributed by atoms with Gasteiger partial charge in [0.1, 0.15) is 0 Å². The quantitative estimate of drug-likeness (QED) is 0.528. The van der Waals surface area contributed by atoms with Gasteiger partial charge in [-0.05, 0) is 17.7 Å². The van der Waals surface area contributed by atoms with E-state index < -0.39 is 11.0 Å². The summed E-state index contributed by atoms with van der Waals surface area (Å²) in [5, 5.41) is 20.4. The van der Waals surface area contributed by atoms with Crippen molar-refractivity contribution in [1.29, 1.82) is 0 Å². The lowest BCUT2D eigenvalue weighted by Crippen LogP contribution is -1.94. The van der Waals surface area contributed by atoms with Gasteiger partial charge in [-0.1, -0.05) is 42.2 Å². The van der Waals surface area contributed by atoms with Crippen molar-refractivity contribution in [3.05, 3.63) is 75.8 Å². The number of benzene rings is 2. The maximum atomic E-state index is 10.5. The van der Waals surface area contributed by atoms with Crippen LogP contribution in [0.25, 0.3) is 0 Å². The lowest BCUT2D eigenvalue weighted by Gasteiger charge is -2.05. The van der Waals surface area contributed by atoms with E-state index in [-0.39, 0.29) is 5.69 Å². The maximum Gasteiger partial charge on any atom is 0.269 e. The lowest BCUT2D eigenvalue weighted by molar-refractivity contribution is -0.384. The SMILES string of the molecule is O=[N+]([O-])c1ccc(C#CCC(O)c2ccccc2)cc1. The summed E-state index contributed by atoms with van der Waals surface area (Å²) in [4.78, 5) is 10.1. The van der Waals surface area contributed by atoms with Gasteiger partial charge in [0.05, 0.1) is 11.0 Å². The number of aliphatic hydroxyl groups is 1. The number of hydrogen-bond donors (Lipinski definition) is 1. The van der Waals surface area contributed by atoms with Gasteiger partial charge >= 0.3 is 0 Å². The van der Waals surface area contributed by atoms with Gasteiger partial charge in [0, 0.05) is 24.1 Å². The predicted molar refractivity (Wildman–Crippen MR) is 76.0 cm³/mol. The first kappa shape index (κ1) is 13.8. The highest BCUT2D eigenvalue weighted by atomic mass is 16.6. The number of hydrogen-bond acceptors (Lipinski definition) is 3. The Morgan fingerprint density at radius 2 is 1.75 bits per heavy atom. The average molecular weight is 267 g/mol. The van der Waals surface area contributed by atoms with Gasteiger partial charge in [-0.3, -0.25) is 10.1 Å². The number of nitro benzene ring substituents is 1. The predicted octanol–water partition coefficient (Wildman–Crippen LogP) is 3.07. The molecule has 0 heterocycles. The molecule has 0 aliphatic rings. The molecule has 4 nitrogen and oxygen atoms in total. The van der Waals surface area contributed by atoms with Gasteiger partial charge in [0.25, 0.3) is 5.69 Å². The smallest absolute Gasteiger partial charge is 0.269 e. The molecular weight excluding hydrogens is 254 g/mol. The van der Waals surface area contributed by atoms with Crippen LogP contribution in [0.4, 0.5) is 5.69 Å². The Hall–Kier alpha value is -2.64. The van der Waals surface area contributed by atoms with Crippen LogP contribution >= 0.6 is 0 Å². The second kappa shape index (κ2) is 6.50. The van der Waals surface area contributed by atoms with E-state index >= 15 is 0 Å². The molecule has 0 saturated carbocycles. The van der Waals surface area contributed by atoms with E-state index in [9.17, 15) is 15.2 Å². The minimum absolute atomic E-state index is 0.0415. The molecule has 20 heavy (non-hydrogen) atoms. The fraction of sp³-hybridized carbons (Fsp3) is 0.125. The molecule has 2 rings (SSSR count). The summed E-state index contributed by atoms with van der Waals surface area (Å²) >= 11 is 0. The van der Waals surface area contributed by atoms with E-state index in [1.54, 1.807) is 12.1 Å². The van der Waals surface area contributed by atoms with Crippen LogP contribution in [0.5, 0.6) is 0 Å². The molecule has 0 spiro atoms. The van der Waals surface area contributed by atoms with Crippen LogP contribution in [0.1, 0.15) is 23.7 Å². The Kier molecular flexibility index (Phi) is 4.48. The van der Waals surface area contributed by atoms with E-state index in [1.807, 2.05) is 30.3 Å². The first-order chi connectivity index (χ1) is 9.66. The van der Waals surface area contributed by atoms with Crippen molar-refractivity contribution >= 4 is 5.69 Å². The normalized spacial score (nSPS) is 11.2. The Morgan fingerprint density at radius 3 is 2.35 bits per heavy atom. The molecule has 2 aromatic rings. The third-order valence-electron chi connectivity index (χ3n) is 2.79. The third kappa shape index (κ3) is 3.67. The Labute approximate surface area is 116 Å². The van der Waals surface area contributed by atoms with E-state index in [4.69, 9.17) is 0 Å². The molecule has 1 N–H and O–H groups in total. The first-order valence-corrected chi connectivity index (χ1v) is 6.13. The highest BCUT2D eigenvalue weighted by Gasteiger charge is 2.04. The summed E-state index contributed by atoms with van der Waals surface area (Å²) in [7, 11) is 0. The number of nitrogens with zero attached hydrogens (tertiary/aromatic N) is 1.